The van der Waals surface area contributed by atoms with Crippen molar-refractivity contribution in [3.8, 4) is 0 Å². The van der Waals surface area contributed by atoms with Crippen LogP contribution in [0.25, 0.3) is 0 Å². The van der Waals surface area contributed by atoms with Crippen molar-refractivity contribution in [2.75, 3.05) is 13.2 Å². The van der Waals surface area contributed by atoms with Gasteiger partial charge in [0.2, 0.25) is 0 Å². The molecule has 0 bridgehead atoms. The molecule has 0 fully saturated rings. The van der Waals surface area contributed by atoms with Crippen LogP contribution in [0.2, 0.25) is 0 Å². The molecule has 58 heavy (non-hydrogen) atoms. The Hall–Kier alpha value is -3.44. The Kier molecular flexibility index (Phi) is 45.1. The van der Waals surface area contributed by atoms with E-state index in [4.69, 9.17) is 9.47 Å². The zero-order valence-corrected chi connectivity index (χ0v) is 37.3. The Balaban J connectivity index is 3.60. The highest BCUT2D eigenvalue weighted by Gasteiger charge is 2.16. The fourth-order valence-corrected chi connectivity index (χ4v) is 6.10. The van der Waals surface area contributed by atoms with Crippen molar-refractivity contribution in [3.63, 3.8) is 0 Å². The van der Waals surface area contributed by atoms with Gasteiger partial charge in [-0.3, -0.25) is 9.59 Å². The number of allylic oxidation sites excluding steroid dienone is 18. The topological polar surface area (TPSA) is 72.8 Å². The van der Waals surface area contributed by atoms with Gasteiger partial charge in [0.05, 0.1) is 6.61 Å². The zero-order chi connectivity index (χ0) is 42.1. The number of aliphatic hydroxyl groups excluding tert-OH is 1. The summed E-state index contributed by atoms with van der Waals surface area (Å²) in [5.74, 6) is -0.619. The second-order valence-electron chi connectivity index (χ2n) is 15.1. The molecule has 0 spiro atoms. The minimum atomic E-state index is -0.788. The van der Waals surface area contributed by atoms with E-state index in [0.717, 1.165) is 109 Å². The van der Waals surface area contributed by atoms with E-state index >= 15 is 0 Å². The summed E-state index contributed by atoms with van der Waals surface area (Å²) in [6.07, 6.45) is 68.8. The number of unbranched alkanes of at least 4 members (excludes halogenated alkanes) is 15. The van der Waals surface area contributed by atoms with Crippen LogP contribution >= 0.6 is 0 Å². The summed E-state index contributed by atoms with van der Waals surface area (Å²) in [7, 11) is 0. The summed E-state index contributed by atoms with van der Waals surface area (Å²) in [4.78, 5) is 24.4. The molecule has 0 aromatic heterocycles. The average molecular weight is 803 g/mol. The second-order valence-corrected chi connectivity index (χ2v) is 15.1. The Morgan fingerprint density at radius 3 is 1.03 bits per heavy atom. The van der Waals surface area contributed by atoms with Crippen LogP contribution in [0.1, 0.15) is 194 Å². The fraction of sp³-hybridized carbons (Fsp3) is 0.623. The van der Waals surface area contributed by atoms with Crippen molar-refractivity contribution in [1.29, 1.82) is 0 Å². The van der Waals surface area contributed by atoms with Crippen LogP contribution in [0.3, 0.4) is 0 Å². The molecular weight excluding hydrogens is 717 g/mol. The van der Waals surface area contributed by atoms with E-state index in [1.54, 1.807) is 0 Å². The van der Waals surface area contributed by atoms with E-state index in [0.29, 0.717) is 12.8 Å². The molecule has 0 aliphatic heterocycles. The Morgan fingerprint density at radius 1 is 0.397 bits per heavy atom. The number of hydrogen-bond donors (Lipinski definition) is 1. The molecule has 328 valence electrons. The molecule has 1 N–H and O–H groups in total. The third-order valence-corrected chi connectivity index (χ3v) is 9.56. The Labute approximate surface area is 357 Å². The molecule has 0 amide bonds. The average Bonchev–Trinajstić information content (AvgIpc) is 3.23. The molecule has 0 rings (SSSR count). The Morgan fingerprint density at radius 2 is 0.690 bits per heavy atom. The van der Waals surface area contributed by atoms with E-state index in [1.807, 2.05) is 0 Å². The first-order valence-electron chi connectivity index (χ1n) is 23.4. The van der Waals surface area contributed by atoms with Gasteiger partial charge in [0, 0.05) is 12.8 Å². The molecule has 1 unspecified atom stereocenters. The molecule has 0 saturated heterocycles. The van der Waals surface area contributed by atoms with Crippen LogP contribution in [0.4, 0.5) is 0 Å². The second kappa shape index (κ2) is 47.9. The van der Waals surface area contributed by atoms with E-state index in [2.05, 4.69) is 123 Å². The van der Waals surface area contributed by atoms with Gasteiger partial charge in [0.1, 0.15) is 6.61 Å². The molecule has 5 heteroatoms. The van der Waals surface area contributed by atoms with Gasteiger partial charge in [-0.2, -0.15) is 0 Å². The summed E-state index contributed by atoms with van der Waals surface area (Å²) in [6, 6.07) is 0. The normalized spacial score (nSPS) is 13.2. The van der Waals surface area contributed by atoms with E-state index < -0.39 is 6.10 Å². The van der Waals surface area contributed by atoms with Crippen molar-refractivity contribution < 1.29 is 24.2 Å². The first kappa shape index (κ1) is 54.6. The number of carbonyl (C=O) groups is 2. The number of ether oxygens (including phenoxy) is 2. The summed E-state index contributed by atoms with van der Waals surface area (Å²) >= 11 is 0. The van der Waals surface area contributed by atoms with Crippen LogP contribution in [0.15, 0.2) is 109 Å². The number of hydrogen-bond acceptors (Lipinski definition) is 5. The lowest BCUT2D eigenvalue weighted by molar-refractivity contribution is -0.161. The molecular formula is C53H86O5. The first-order valence-corrected chi connectivity index (χ1v) is 23.4. The fourth-order valence-electron chi connectivity index (χ4n) is 6.10. The van der Waals surface area contributed by atoms with Gasteiger partial charge in [-0.25, -0.2) is 0 Å². The molecule has 0 saturated carbocycles. The minimum Gasteiger partial charge on any atom is -0.462 e. The molecule has 0 aliphatic rings. The highest BCUT2D eigenvalue weighted by molar-refractivity contribution is 5.70. The van der Waals surface area contributed by atoms with Crippen LogP contribution in [0, 0.1) is 0 Å². The van der Waals surface area contributed by atoms with Gasteiger partial charge in [-0.05, 0) is 96.3 Å². The highest BCUT2D eigenvalue weighted by Crippen LogP contribution is 2.13. The van der Waals surface area contributed by atoms with E-state index in [9.17, 15) is 14.7 Å². The molecule has 0 aliphatic carbocycles. The van der Waals surface area contributed by atoms with E-state index in [1.165, 1.54) is 57.8 Å². The van der Waals surface area contributed by atoms with Gasteiger partial charge in [-0.1, -0.05) is 194 Å². The summed E-state index contributed by atoms with van der Waals surface area (Å²) in [5.41, 5.74) is 0. The van der Waals surface area contributed by atoms with Crippen LogP contribution in [-0.4, -0.2) is 36.4 Å². The standard InChI is InChI=1S/C53H86O5/c1-3-5-7-9-11-13-15-17-19-21-22-23-24-25-26-27-28-29-30-32-34-36-38-40-42-44-46-48-53(56)58-51(49-54)50-57-52(55)47-45-43-41-39-37-35-33-31-20-18-16-14-12-10-8-6-4-2/h5-8,11-14,17-20,22-23,25-26,28-29,51,54H,3-4,9-10,15-16,21,24,27,30-50H2,1-2H3/b7-5-,8-6-,13-11-,14-12-,19-17-,20-18-,23-22-,26-25-,29-28-. The lowest BCUT2D eigenvalue weighted by Gasteiger charge is -2.15. The van der Waals surface area contributed by atoms with Crippen molar-refractivity contribution in [1.82, 2.24) is 0 Å². The minimum absolute atomic E-state index is 0.0811. The largest absolute Gasteiger partial charge is 0.462 e. The SMILES string of the molecule is CC/C=C\C/C=C\C/C=C\C/C=C\C/C=C\C/C=C\CCCCCCCCCCC(=O)OC(CO)COC(=O)CCCCCCCCC/C=C\C/C=C\C/C=C\CC. The van der Waals surface area contributed by atoms with Crippen molar-refractivity contribution in [3.05, 3.63) is 109 Å². The molecule has 0 aromatic rings. The monoisotopic (exact) mass is 803 g/mol. The first-order chi connectivity index (χ1) is 28.6. The summed E-state index contributed by atoms with van der Waals surface area (Å²) < 4.78 is 10.6. The van der Waals surface area contributed by atoms with Crippen molar-refractivity contribution >= 4 is 11.9 Å². The highest BCUT2D eigenvalue weighted by atomic mass is 16.6. The zero-order valence-electron chi connectivity index (χ0n) is 37.3. The quantitative estimate of drug-likeness (QED) is 0.0379. The van der Waals surface area contributed by atoms with Crippen molar-refractivity contribution in [2.24, 2.45) is 0 Å². The van der Waals surface area contributed by atoms with Crippen molar-refractivity contribution in [2.45, 2.75) is 200 Å². The molecule has 0 aromatic carbocycles. The van der Waals surface area contributed by atoms with Crippen LogP contribution < -0.4 is 0 Å². The predicted octanol–water partition coefficient (Wildman–Crippen LogP) is 15.4. The molecule has 0 heterocycles. The molecule has 1 atom stereocenters. The van der Waals surface area contributed by atoms with E-state index in [-0.39, 0.29) is 25.2 Å². The molecule has 5 nitrogen and oxygen atoms in total. The number of aliphatic hydroxyl groups is 1. The lowest BCUT2D eigenvalue weighted by atomic mass is 10.1. The summed E-state index contributed by atoms with van der Waals surface area (Å²) in [6.45, 7) is 3.89. The third kappa shape index (κ3) is 45.3. The molecule has 0 radical (unpaired) electrons. The van der Waals surface area contributed by atoms with Crippen LogP contribution in [-0.2, 0) is 19.1 Å². The number of esters is 2. The van der Waals surface area contributed by atoms with Gasteiger partial charge in [0.15, 0.2) is 6.10 Å². The smallest absolute Gasteiger partial charge is 0.306 e. The maximum absolute atomic E-state index is 12.2. The summed E-state index contributed by atoms with van der Waals surface area (Å²) in [5, 5.41) is 9.60. The number of rotatable bonds is 41. The number of carbonyl (C=O) groups excluding carboxylic acids is 2. The maximum atomic E-state index is 12.2. The van der Waals surface area contributed by atoms with Crippen LogP contribution in [0.5, 0.6) is 0 Å². The Bertz CT molecular complexity index is 1180. The van der Waals surface area contributed by atoms with Gasteiger partial charge in [-0.15, -0.1) is 0 Å². The third-order valence-electron chi connectivity index (χ3n) is 9.56. The van der Waals surface area contributed by atoms with Gasteiger partial charge >= 0.3 is 11.9 Å². The lowest BCUT2D eigenvalue weighted by Crippen LogP contribution is -2.28. The predicted molar refractivity (Wildman–Crippen MR) is 251 cm³/mol. The van der Waals surface area contributed by atoms with Gasteiger partial charge < -0.3 is 14.6 Å². The maximum Gasteiger partial charge on any atom is 0.306 e. The van der Waals surface area contributed by atoms with Gasteiger partial charge in [0.25, 0.3) is 0 Å².